The average molecular weight is 261 g/mol. The number of ether oxygens (including phenoxy) is 1. The van der Waals surface area contributed by atoms with Crippen molar-refractivity contribution in [1.29, 1.82) is 0 Å². The van der Waals surface area contributed by atoms with Gasteiger partial charge in [0.2, 0.25) is 0 Å². The summed E-state index contributed by atoms with van der Waals surface area (Å²) in [5.74, 6) is 1.56. The molecule has 1 saturated heterocycles. The van der Waals surface area contributed by atoms with Crippen LogP contribution in [0.2, 0.25) is 0 Å². The fourth-order valence-corrected chi connectivity index (χ4v) is 2.60. The number of fused-ring (bicyclic) bond motifs is 1. The largest absolute Gasteiger partial charge is 0.376 e. The molecule has 2 unspecified atom stereocenters. The molecule has 2 aromatic heterocycles. The smallest absolute Gasteiger partial charge is 0.254 e. The molecule has 1 aliphatic rings. The van der Waals surface area contributed by atoms with Gasteiger partial charge in [-0.05, 0) is 26.2 Å². The van der Waals surface area contributed by atoms with Gasteiger partial charge < -0.3 is 10.1 Å². The van der Waals surface area contributed by atoms with E-state index < -0.39 is 0 Å². The lowest BCUT2D eigenvalue weighted by Crippen LogP contribution is -2.33. The molecule has 0 saturated carbocycles. The molecule has 3 heterocycles. The van der Waals surface area contributed by atoms with Crippen LogP contribution in [0.4, 0.5) is 5.82 Å². The average Bonchev–Trinajstić information content (AvgIpc) is 3.05. The maximum absolute atomic E-state index is 5.78. The minimum atomic E-state index is 0.289. The zero-order valence-corrected chi connectivity index (χ0v) is 11.3. The Labute approximate surface area is 112 Å². The van der Waals surface area contributed by atoms with Gasteiger partial charge in [-0.15, -0.1) is 0 Å². The maximum Gasteiger partial charge on any atom is 0.254 e. The maximum atomic E-state index is 5.78. The minimum Gasteiger partial charge on any atom is -0.376 e. The predicted molar refractivity (Wildman–Crippen MR) is 72.2 cm³/mol. The van der Waals surface area contributed by atoms with E-state index in [0.717, 1.165) is 37.4 Å². The van der Waals surface area contributed by atoms with E-state index in [1.54, 1.807) is 4.52 Å². The SMILES string of the molecule is CCC(Nc1cc(C)nc2ncnn12)C1CCCO1. The number of hydrogen-bond acceptors (Lipinski definition) is 5. The highest BCUT2D eigenvalue weighted by Gasteiger charge is 2.25. The van der Waals surface area contributed by atoms with Crippen molar-refractivity contribution in [2.45, 2.75) is 45.3 Å². The van der Waals surface area contributed by atoms with Crippen molar-refractivity contribution >= 4 is 11.6 Å². The molecule has 6 heteroatoms. The quantitative estimate of drug-likeness (QED) is 0.909. The highest BCUT2D eigenvalue weighted by atomic mass is 16.5. The van der Waals surface area contributed by atoms with Crippen LogP contribution in [-0.2, 0) is 4.74 Å². The Bertz CT molecular complexity index is 561. The third kappa shape index (κ3) is 2.40. The molecule has 2 aromatic rings. The molecule has 1 fully saturated rings. The zero-order chi connectivity index (χ0) is 13.2. The Hall–Kier alpha value is -1.69. The summed E-state index contributed by atoms with van der Waals surface area (Å²) in [4.78, 5) is 8.49. The molecule has 6 nitrogen and oxygen atoms in total. The lowest BCUT2D eigenvalue weighted by atomic mass is 10.1. The number of aryl methyl sites for hydroxylation is 1. The second-order valence-electron chi connectivity index (χ2n) is 4.97. The third-order valence-electron chi connectivity index (χ3n) is 3.57. The van der Waals surface area contributed by atoms with E-state index in [1.165, 1.54) is 6.33 Å². The van der Waals surface area contributed by atoms with Gasteiger partial charge in [0.15, 0.2) is 0 Å². The normalized spacial score (nSPS) is 20.8. The summed E-state index contributed by atoms with van der Waals surface area (Å²) in [6.45, 7) is 5.01. The first kappa shape index (κ1) is 12.3. The summed E-state index contributed by atoms with van der Waals surface area (Å²) >= 11 is 0. The lowest BCUT2D eigenvalue weighted by molar-refractivity contribution is 0.0942. The second kappa shape index (κ2) is 5.13. The van der Waals surface area contributed by atoms with Gasteiger partial charge in [0.1, 0.15) is 12.1 Å². The van der Waals surface area contributed by atoms with Crippen LogP contribution in [0.3, 0.4) is 0 Å². The molecular weight excluding hydrogens is 242 g/mol. The number of nitrogens with zero attached hydrogens (tertiary/aromatic N) is 4. The summed E-state index contributed by atoms with van der Waals surface area (Å²) < 4.78 is 7.52. The van der Waals surface area contributed by atoms with Crippen LogP contribution in [0.15, 0.2) is 12.4 Å². The molecular formula is C13H19N5O. The minimum absolute atomic E-state index is 0.289. The number of hydrogen-bond donors (Lipinski definition) is 1. The molecule has 2 atom stereocenters. The van der Waals surface area contributed by atoms with Gasteiger partial charge in [0.25, 0.3) is 5.78 Å². The molecule has 0 spiro atoms. The Morgan fingerprint density at radius 3 is 3.21 bits per heavy atom. The van der Waals surface area contributed by atoms with Gasteiger partial charge >= 0.3 is 0 Å². The van der Waals surface area contributed by atoms with Crippen LogP contribution in [0.25, 0.3) is 5.78 Å². The van der Waals surface area contributed by atoms with E-state index in [2.05, 4.69) is 27.3 Å². The Kier molecular flexibility index (Phi) is 3.33. The molecule has 0 aromatic carbocycles. The molecule has 102 valence electrons. The number of anilines is 1. The van der Waals surface area contributed by atoms with Crippen LogP contribution in [0, 0.1) is 6.92 Å². The van der Waals surface area contributed by atoms with E-state index >= 15 is 0 Å². The van der Waals surface area contributed by atoms with Gasteiger partial charge in [0, 0.05) is 18.4 Å². The van der Waals surface area contributed by atoms with Gasteiger partial charge in [-0.25, -0.2) is 4.98 Å². The fraction of sp³-hybridized carbons (Fsp3) is 0.615. The highest BCUT2D eigenvalue weighted by Crippen LogP contribution is 2.21. The van der Waals surface area contributed by atoms with Gasteiger partial charge in [0.05, 0.1) is 12.1 Å². The van der Waals surface area contributed by atoms with Crippen molar-refractivity contribution in [3.05, 3.63) is 18.1 Å². The topological polar surface area (TPSA) is 64.3 Å². The summed E-state index contributed by atoms with van der Waals surface area (Å²) in [5, 5.41) is 7.75. The van der Waals surface area contributed by atoms with Crippen LogP contribution in [0.1, 0.15) is 31.9 Å². The zero-order valence-electron chi connectivity index (χ0n) is 11.3. The van der Waals surface area contributed by atoms with Gasteiger partial charge in [-0.2, -0.15) is 14.6 Å². The Balaban J connectivity index is 1.88. The van der Waals surface area contributed by atoms with Gasteiger partial charge in [-0.1, -0.05) is 6.92 Å². The summed E-state index contributed by atoms with van der Waals surface area (Å²) in [6.07, 6.45) is 5.10. The van der Waals surface area contributed by atoms with Crippen molar-refractivity contribution in [3.8, 4) is 0 Å². The molecule has 1 N–H and O–H groups in total. The molecule has 0 amide bonds. The molecule has 0 radical (unpaired) electrons. The molecule has 0 bridgehead atoms. The lowest BCUT2D eigenvalue weighted by Gasteiger charge is -2.24. The number of aromatic nitrogens is 4. The van der Waals surface area contributed by atoms with Crippen molar-refractivity contribution in [2.24, 2.45) is 0 Å². The first-order valence-corrected chi connectivity index (χ1v) is 6.83. The van der Waals surface area contributed by atoms with Crippen molar-refractivity contribution in [3.63, 3.8) is 0 Å². The second-order valence-corrected chi connectivity index (χ2v) is 4.97. The first-order chi connectivity index (χ1) is 9.28. The monoisotopic (exact) mass is 261 g/mol. The Morgan fingerprint density at radius 2 is 2.47 bits per heavy atom. The van der Waals surface area contributed by atoms with Crippen LogP contribution in [-0.4, -0.2) is 38.3 Å². The number of rotatable bonds is 4. The van der Waals surface area contributed by atoms with Crippen LogP contribution in [0.5, 0.6) is 0 Å². The van der Waals surface area contributed by atoms with Crippen LogP contribution >= 0.6 is 0 Å². The van der Waals surface area contributed by atoms with Crippen LogP contribution < -0.4 is 5.32 Å². The fourth-order valence-electron chi connectivity index (χ4n) is 2.60. The molecule has 3 rings (SSSR count). The first-order valence-electron chi connectivity index (χ1n) is 6.83. The molecule has 1 aliphatic heterocycles. The van der Waals surface area contributed by atoms with E-state index in [1.807, 2.05) is 13.0 Å². The molecule has 0 aliphatic carbocycles. The van der Waals surface area contributed by atoms with Crippen molar-refractivity contribution < 1.29 is 4.74 Å². The summed E-state index contributed by atoms with van der Waals surface area (Å²) in [7, 11) is 0. The standard InChI is InChI=1S/C13H19N5O/c1-3-10(11-5-4-6-19-11)17-12-7-9(2)16-13-14-8-15-18(12)13/h7-8,10-11,17H,3-6H2,1-2H3. The van der Waals surface area contributed by atoms with E-state index in [9.17, 15) is 0 Å². The van der Waals surface area contributed by atoms with E-state index in [0.29, 0.717) is 11.8 Å². The van der Waals surface area contributed by atoms with Crippen molar-refractivity contribution in [1.82, 2.24) is 19.6 Å². The predicted octanol–water partition coefficient (Wildman–Crippen LogP) is 1.80. The van der Waals surface area contributed by atoms with Gasteiger partial charge in [-0.3, -0.25) is 0 Å². The third-order valence-corrected chi connectivity index (χ3v) is 3.57. The Morgan fingerprint density at radius 1 is 1.58 bits per heavy atom. The highest BCUT2D eigenvalue weighted by molar-refractivity contribution is 5.45. The van der Waals surface area contributed by atoms with E-state index in [4.69, 9.17) is 4.74 Å². The summed E-state index contributed by atoms with van der Waals surface area (Å²) in [6, 6.07) is 2.30. The summed E-state index contributed by atoms with van der Waals surface area (Å²) in [5.41, 5.74) is 0.935. The number of nitrogens with one attached hydrogen (secondary N) is 1. The van der Waals surface area contributed by atoms with Crippen molar-refractivity contribution in [2.75, 3.05) is 11.9 Å². The van der Waals surface area contributed by atoms with E-state index in [-0.39, 0.29) is 6.10 Å². The molecule has 19 heavy (non-hydrogen) atoms.